The molecule has 32 heavy (non-hydrogen) atoms. The number of hydrogen-bond donors (Lipinski definition) is 0. The third-order valence-electron chi connectivity index (χ3n) is 6.46. The molecule has 0 N–H and O–H groups in total. The lowest BCUT2D eigenvalue weighted by Gasteiger charge is -2.08. The van der Waals surface area contributed by atoms with Gasteiger partial charge < -0.3 is 8.98 Å². The van der Waals surface area contributed by atoms with Crippen LogP contribution in [-0.2, 0) is 7.05 Å². The van der Waals surface area contributed by atoms with Crippen LogP contribution in [0.15, 0.2) is 71.1 Å². The van der Waals surface area contributed by atoms with Crippen LogP contribution in [0, 0.1) is 20.8 Å². The van der Waals surface area contributed by atoms with Gasteiger partial charge in [-0.15, -0.1) is 0 Å². The summed E-state index contributed by atoms with van der Waals surface area (Å²) in [5.41, 5.74) is 10.3. The smallest absolute Gasteiger partial charge is 0.227 e. The predicted molar refractivity (Wildman–Crippen MR) is 131 cm³/mol. The lowest BCUT2D eigenvalue weighted by molar-refractivity contribution is 0.655. The van der Waals surface area contributed by atoms with E-state index in [-0.39, 0.29) is 0 Å². The SMILES string of the molecule is Cc1cccc(C)c1-c1ccc2c(n1)oc1c(-c3nc4ccccc4n3C)ccc(C)c12. The summed E-state index contributed by atoms with van der Waals surface area (Å²) in [6, 6.07) is 23.0. The molecule has 3 aromatic heterocycles. The number of rotatable bonds is 2. The summed E-state index contributed by atoms with van der Waals surface area (Å²) in [5, 5.41) is 2.14. The molecule has 0 aliphatic carbocycles. The highest BCUT2D eigenvalue weighted by atomic mass is 16.3. The van der Waals surface area contributed by atoms with Crippen LogP contribution in [0.1, 0.15) is 16.7 Å². The number of fused-ring (bicyclic) bond motifs is 4. The summed E-state index contributed by atoms with van der Waals surface area (Å²) in [5.74, 6) is 0.894. The molecule has 0 unspecified atom stereocenters. The summed E-state index contributed by atoms with van der Waals surface area (Å²) in [6.07, 6.45) is 0. The number of hydrogen-bond acceptors (Lipinski definition) is 3. The number of para-hydroxylation sites is 2. The van der Waals surface area contributed by atoms with Crippen molar-refractivity contribution in [3.63, 3.8) is 0 Å². The Labute approximate surface area is 186 Å². The van der Waals surface area contributed by atoms with Crippen LogP contribution in [0.4, 0.5) is 0 Å². The van der Waals surface area contributed by atoms with Crippen molar-refractivity contribution in [1.82, 2.24) is 14.5 Å². The highest BCUT2D eigenvalue weighted by Gasteiger charge is 2.20. The molecule has 3 heterocycles. The van der Waals surface area contributed by atoms with Gasteiger partial charge in [-0.2, -0.15) is 0 Å². The Morgan fingerprint density at radius 1 is 0.750 bits per heavy atom. The van der Waals surface area contributed by atoms with E-state index in [0.29, 0.717) is 5.71 Å². The summed E-state index contributed by atoms with van der Waals surface area (Å²) in [7, 11) is 2.05. The van der Waals surface area contributed by atoms with Crippen molar-refractivity contribution >= 4 is 33.1 Å². The highest BCUT2D eigenvalue weighted by molar-refractivity contribution is 6.10. The second-order valence-electron chi connectivity index (χ2n) is 8.54. The average Bonchev–Trinajstić information content (AvgIpc) is 3.33. The van der Waals surface area contributed by atoms with Gasteiger partial charge in [0.1, 0.15) is 11.4 Å². The lowest BCUT2D eigenvalue weighted by atomic mass is 9.99. The third-order valence-corrected chi connectivity index (χ3v) is 6.46. The first-order valence-electron chi connectivity index (χ1n) is 10.8. The fourth-order valence-electron chi connectivity index (χ4n) is 4.85. The number of benzene rings is 3. The van der Waals surface area contributed by atoms with Crippen LogP contribution < -0.4 is 0 Å². The van der Waals surface area contributed by atoms with Crippen molar-refractivity contribution in [2.24, 2.45) is 7.05 Å². The van der Waals surface area contributed by atoms with Crippen LogP contribution in [0.25, 0.3) is 55.7 Å². The summed E-state index contributed by atoms with van der Waals surface area (Å²) in [6.45, 7) is 6.37. The van der Waals surface area contributed by atoms with E-state index in [2.05, 4.69) is 80.9 Å². The zero-order valence-electron chi connectivity index (χ0n) is 18.6. The van der Waals surface area contributed by atoms with Crippen LogP contribution in [0.3, 0.4) is 0 Å². The van der Waals surface area contributed by atoms with Crippen molar-refractivity contribution in [3.05, 3.63) is 83.4 Å². The van der Waals surface area contributed by atoms with Crippen molar-refractivity contribution in [2.45, 2.75) is 20.8 Å². The zero-order chi connectivity index (χ0) is 22.0. The van der Waals surface area contributed by atoms with Crippen molar-refractivity contribution < 1.29 is 4.42 Å². The van der Waals surface area contributed by atoms with Crippen LogP contribution in [0.2, 0.25) is 0 Å². The van der Waals surface area contributed by atoms with Gasteiger partial charge in [0, 0.05) is 23.4 Å². The molecule has 3 aromatic carbocycles. The monoisotopic (exact) mass is 417 g/mol. The van der Waals surface area contributed by atoms with Crippen LogP contribution in [-0.4, -0.2) is 14.5 Å². The van der Waals surface area contributed by atoms with Gasteiger partial charge in [-0.05, 0) is 67.8 Å². The Morgan fingerprint density at radius 2 is 1.53 bits per heavy atom. The highest BCUT2D eigenvalue weighted by Crippen LogP contribution is 2.38. The summed E-state index contributed by atoms with van der Waals surface area (Å²) in [4.78, 5) is 9.85. The fourth-order valence-corrected chi connectivity index (χ4v) is 4.85. The Bertz CT molecular complexity index is 1650. The first-order chi connectivity index (χ1) is 15.5. The van der Waals surface area contributed by atoms with Crippen LogP contribution >= 0.6 is 0 Å². The second-order valence-corrected chi connectivity index (χ2v) is 8.54. The number of imidazole rings is 1. The second kappa shape index (κ2) is 6.79. The average molecular weight is 418 g/mol. The van der Waals surface area contributed by atoms with E-state index in [1.54, 1.807) is 0 Å². The van der Waals surface area contributed by atoms with E-state index in [9.17, 15) is 0 Å². The van der Waals surface area contributed by atoms with Gasteiger partial charge in [-0.3, -0.25) is 0 Å². The minimum Gasteiger partial charge on any atom is -0.437 e. The molecule has 0 atom stereocenters. The maximum atomic E-state index is 6.45. The molecule has 0 aliphatic heterocycles. The summed E-state index contributed by atoms with van der Waals surface area (Å²) >= 11 is 0. The molecule has 0 fully saturated rings. The molecule has 0 aliphatic rings. The molecule has 0 spiro atoms. The van der Waals surface area contributed by atoms with E-state index in [1.165, 1.54) is 22.3 Å². The van der Waals surface area contributed by atoms with Crippen molar-refractivity contribution in [3.8, 4) is 22.6 Å². The number of pyridine rings is 1. The quantitative estimate of drug-likeness (QED) is 0.301. The molecule has 0 saturated carbocycles. The molecule has 4 nitrogen and oxygen atoms in total. The zero-order valence-corrected chi connectivity index (χ0v) is 18.6. The molecule has 0 saturated heterocycles. The van der Waals surface area contributed by atoms with Crippen molar-refractivity contribution in [1.29, 1.82) is 0 Å². The maximum Gasteiger partial charge on any atom is 0.227 e. The van der Waals surface area contributed by atoms with Crippen molar-refractivity contribution in [2.75, 3.05) is 0 Å². The van der Waals surface area contributed by atoms with Crippen LogP contribution in [0.5, 0.6) is 0 Å². The number of nitrogens with zero attached hydrogens (tertiary/aromatic N) is 3. The molecule has 156 valence electrons. The largest absolute Gasteiger partial charge is 0.437 e. The minimum absolute atomic E-state index is 0.662. The Kier molecular flexibility index (Phi) is 3.99. The van der Waals surface area contributed by atoms with E-state index >= 15 is 0 Å². The van der Waals surface area contributed by atoms with Gasteiger partial charge in [0.05, 0.1) is 22.3 Å². The number of aryl methyl sites for hydroxylation is 4. The van der Waals surface area contributed by atoms with E-state index in [1.807, 2.05) is 18.2 Å². The minimum atomic E-state index is 0.662. The predicted octanol–water partition coefficient (Wildman–Crippen LogP) is 7.13. The molecule has 0 amide bonds. The van der Waals surface area contributed by atoms with E-state index in [4.69, 9.17) is 14.4 Å². The maximum absolute atomic E-state index is 6.45. The standard InChI is InChI=1S/C28H23N3O/c1-16-8-7-9-17(2)24(16)22-15-14-19-25-18(3)12-13-20(26(25)32-28(19)30-22)27-29-21-10-5-6-11-23(21)31(27)4/h5-15H,1-4H3. The topological polar surface area (TPSA) is 43.9 Å². The van der Waals surface area contributed by atoms with Gasteiger partial charge in [-0.25, -0.2) is 9.97 Å². The molecular formula is C28H23N3O. The molecule has 0 radical (unpaired) electrons. The Hall–Kier alpha value is -3.92. The molecule has 6 aromatic rings. The number of aromatic nitrogens is 3. The third kappa shape index (κ3) is 2.62. The van der Waals surface area contributed by atoms with Gasteiger partial charge in [0.25, 0.3) is 0 Å². The first-order valence-corrected chi connectivity index (χ1v) is 10.8. The Balaban J connectivity index is 1.64. The lowest BCUT2D eigenvalue weighted by Crippen LogP contribution is -1.93. The van der Waals surface area contributed by atoms with Gasteiger partial charge in [0.2, 0.25) is 5.71 Å². The molecule has 6 rings (SSSR count). The molecular weight excluding hydrogens is 394 g/mol. The normalized spacial score (nSPS) is 11.8. The van der Waals surface area contributed by atoms with Gasteiger partial charge in [-0.1, -0.05) is 36.4 Å². The van der Waals surface area contributed by atoms with Gasteiger partial charge in [0.15, 0.2) is 0 Å². The Morgan fingerprint density at radius 3 is 2.31 bits per heavy atom. The summed E-state index contributed by atoms with van der Waals surface area (Å²) < 4.78 is 8.57. The fraction of sp³-hybridized carbons (Fsp3) is 0.143. The van der Waals surface area contributed by atoms with Gasteiger partial charge >= 0.3 is 0 Å². The van der Waals surface area contributed by atoms with E-state index in [0.717, 1.165) is 44.5 Å². The number of furan rings is 1. The van der Waals surface area contributed by atoms with E-state index < -0.39 is 0 Å². The molecule has 4 heteroatoms. The first kappa shape index (κ1) is 18.8. The molecule has 0 bridgehead atoms.